The molecule has 0 bridgehead atoms. The Morgan fingerprint density at radius 2 is 0.910 bits per heavy atom. The van der Waals surface area contributed by atoms with E-state index in [-0.39, 0.29) is 140 Å². The van der Waals surface area contributed by atoms with Gasteiger partial charge in [-0.1, -0.05) is 0 Å². The standard InChI is InChI=1S/C43H55N9O13S.Gd/c1-44-42(66)48-28-7-5-27(6-8-28)38(62)49-43(12-2-15-45-39(63)32-35(59)29(56)9-18-50(32)21-24-53,13-3-16-46-40(64)33-36(60)30(57)10-19-51(33)22-25-54)14-4-17-47-41(65)34-37(61)31(58)11-20-52(34)23-26-55;/h5-11,18-20,53-55,59-61H,2-4,12-17,21-26H2,1H3,(H,45,63)(H,46,64)(H,47,65)(H,49,62)(H2,44,48,66);. The number of carbonyl (C=O) groups excluding carboxylic acids is 4. The van der Waals surface area contributed by atoms with E-state index in [1.165, 1.54) is 32.3 Å². The Hall–Kier alpha value is -5.76. The summed E-state index contributed by atoms with van der Waals surface area (Å²) in [7, 11) is 1.64. The minimum absolute atomic E-state index is 0. The summed E-state index contributed by atoms with van der Waals surface area (Å²) >= 11 is 5.17. The predicted octanol–water partition coefficient (Wildman–Crippen LogP) is -0.719. The van der Waals surface area contributed by atoms with E-state index in [4.69, 9.17) is 12.2 Å². The topological polar surface area (TPSA) is 328 Å². The maximum atomic E-state index is 14.1. The smallest absolute Gasteiger partial charge is 0.271 e. The predicted molar refractivity (Wildman–Crippen MR) is 245 cm³/mol. The molecule has 0 radical (unpaired) electrons. The molecule has 4 rings (SSSR count). The zero-order valence-corrected chi connectivity index (χ0v) is 39.6. The fraction of sp³-hybridized carbons (Fsp3) is 0.395. The van der Waals surface area contributed by atoms with Gasteiger partial charge >= 0.3 is 0 Å². The second-order valence-corrected chi connectivity index (χ2v) is 15.4. The summed E-state index contributed by atoms with van der Waals surface area (Å²) in [5, 5.41) is 77.2. The molecule has 0 aliphatic carbocycles. The normalized spacial score (nSPS) is 10.9. The average Bonchev–Trinajstić information content (AvgIpc) is 3.29. The molecule has 0 atom stereocenters. The van der Waals surface area contributed by atoms with Crippen molar-refractivity contribution < 1.29 is 89.8 Å². The molecule has 0 unspecified atom stereocenters. The number of aliphatic hydroxyl groups excluding tert-OH is 3. The van der Waals surface area contributed by atoms with Crippen molar-refractivity contribution in [3.63, 3.8) is 0 Å². The number of aromatic nitrogens is 3. The summed E-state index contributed by atoms with van der Waals surface area (Å²) in [6.45, 7) is -1.57. The minimum Gasteiger partial charge on any atom is -0.503 e. The van der Waals surface area contributed by atoms with Crippen LogP contribution < -0.4 is 48.2 Å². The number of thiocarbonyl (C=S) groups is 1. The zero-order chi connectivity index (χ0) is 48.4. The number of rotatable bonds is 24. The molecule has 1 aromatic carbocycles. The van der Waals surface area contributed by atoms with Crippen molar-refractivity contribution >= 4 is 46.6 Å². The largest absolute Gasteiger partial charge is 0.503 e. The van der Waals surface area contributed by atoms with Gasteiger partial charge in [0, 0.05) is 140 Å². The Morgan fingerprint density at radius 1 is 0.567 bits per heavy atom. The second kappa shape index (κ2) is 27.2. The van der Waals surface area contributed by atoms with Crippen molar-refractivity contribution in [1.82, 2.24) is 40.3 Å². The van der Waals surface area contributed by atoms with Crippen LogP contribution in [0, 0.1) is 39.9 Å². The van der Waals surface area contributed by atoms with E-state index in [1.807, 2.05) is 0 Å². The number of nitrogens with one attached hydrogen (secondary N) is 6. The molecular weight excluding hydrogens is 1040 g/mol. The zero-order valence-electron chi connectivity index (χ0n) is 36.5. The molecule has 12 N–H and O–H groups in total. The third kappa shape index (κ3) is 15.4. The van der Waals surface area contributed by atoms with Crippen molar-refractivity contribution in [1.29, 1.82) is 0 Å². The van der Waals surface area contributed by atoms with E-state index in [1.54, 1.807) is 31.3 Å². The third-order valence-electron chi connectivity index (χ3n) is 10.5. The van der Waals surface area contributed by atoms with Crippen LogP contribution in [0.15, 0.2) is 75.4 Å². The molecule has 4 aromatic rings. The van der Waals surface area contributed by atoms with Gasteiger partial charge in [0.15, 0.2) is 39.4 Å². The first-order valence-electron chi connectivity index (χ1n) is 21.0. The number of aromatic hydroxyl groups is 3. The fourth-order valence-corrected chi connectivity index (χ4v) is 7.32. The first-order valence-corrected chi connectivity index (χ1v) is 21.4. The number of anilines is 1. The molecule has 22 nitrogen and oxygen atoms in total. The van der Waals surface area contributed by atoms with Crippen LogP contribution in [0.2, 0.25) is 0 Å². The molecule has 0 fully saturated rings. The summed E-state index contributed by atoms with van der Waals surface area (Å²) < 4.78 is 3.68. The van der Waals surface area contributed by atoms with Crippen LogP contribution in [-0.4, -0.2) is 125 Å². The molecule has 0 spiro atoms. The number of aliphatic hydroxyl groups is 3. The monoisotopic (exact) mass is 1100 g/mol. The molecule has 0 aliphatic heterocycles. The Balaban J connectivity index is 0.0000119. The van der Waals surface area contributed by atoms with E-state index in [0.29, 0.717) is 10.8 Å². The molecule has 3 heterocycles. The van der Waals surface area contributed by atoms with Crippen LogP contribution in [0.3, 0.4) is 0 Å². The molecule has 364 valence electrons. The van der Waals surface area contributed by atoms with Crippen LogP contribution in [0.4, 0.5) is 5.69 Å². The van der Waals surface area contributed by atoms with Crippen LogP contribution in [0.25, 0.3) is 0 Å². The summed E-state index contributed by atoms with van der Waals surface area (Å²) in [5.74, 6) is -5.36. The Labute approximate surface area is 421 Å². The third-order valence-corrected chi connectivity index (χ3v) is 10.8. The summed E-state index contributed by atoms with van der Waals surface area (Å²) in [4.78, 5) is 90.8. The van der Waals surface area contributed by atoms with Gasteiger partial charge in [-0.15, -0.1) is 0 Å². The van der Waals surface area contributed by atoms with E-state index >= 15 is 0 Å². The quantitative estimate of drug-likeness (QED) is 0.0304. The van der Waals surface area contributed by atoms with Crippen molar-refractivity contribution in [3.05, 3.63) is 114 Å². The SMILES string of the molecule is CNC(=S)Nc1ccc(C(=O)NC(CCCNC(=O)c2c(O)c(=O)ccn2CCO)(CCCNC(=O)c2c(O)c(=O)ccn2CCO)CCCNC(=O)c2c(O)c(=O)ccn2CCO)cc1.[Gd]. The maximum absolute atomic E-state index is 14.1. The van der Waals surface area contributed by atoms with E-state index in [0.717, 1.165) is 18.2 Å². The van der Waals surface area contributed by atoms with Gasteiger partial charge in [-0.3, -0.25) is 33.6 Å². The van der Waals surface area contributed by atoms with Crippen LogP contribution in [0.1, 0.15) is 80.3 Å². The Bertz CT molecular complexity index is 2330. The number of hydrogen-bond acceptors (Lipinski definition) is 14. The van der Waals surface area contributed by atoms with Crippen LogP contribution in [-0.2, 0) is 19.6 Å². The van der Waals surface area contributed by atoms with Crippen molar-refractivity contribution in [3.8, 4) is 17.2 Å². The van der Waals surface area contributed by atoms with E-state index < -0.39 is 82.5 Å². The summed E-state index contributed by atoms with van der Waals surface area (Å²) in [6.07, 6.45) is 4.82. The molecule has 4 amide bonds. The molecule has 67 heavy (non-hydrogen) atoms. The van der Waals surface area contributed by atoms with Gasteiger partial charge < -0.3 is 76.2 Å². The molecule has 0 saturated heterocycles. The number of pyridine rings is 3. The van der Waals surface area contributed by atoms with Gasteiger partial charge in [0.05, 0.1) is 19.8 Å². The van der Waals surface area contributed by atoms with E-state index in [9.17, 15) is 64.2 Å². The first-order chi connectivity index (χ1) is 31.6. The average molecular weight is 1100 g/mol. The minimum atomic E-state index is -1.16. The van der Waals surface area contributed by atoms with Gasteiger partial charge in [0.2, 0.25) is 16.3 Å². The molecular formula is C43H55GdN9O13S. The maximum Gasteiger partial charge on any atom is 0.271 e. The van der Waals surface area contributed by atoms with Gasteiger partial charge in [0.1, 0.15) is 0 Å². The Morgan fingerprint density at radius 3 is 1.22 bits per heavy atom. The number of hydrogen-bond donors (Lipinski definition) is 12. The Kier molecular flexibility index (Phi) is 22.5. The second-order valence-electron chi connectivity index (χ2n) is 15.0. The number of benzene rings is 1. The molecule has 0 aliphatic rings. The van der Waals surface area contributed by atoms with Gasteiger partial charge in [-0.25, -0.2) is 0 Å². The van der Waals surface area contributed by atoms with Gasteiger partial charge in [-0.05, 0) is 75.0 Å². The van der Waals surface area contributed by atoms with Gasteiger partial charge in [-0.2, -0.15) is 0 Å². The van der Waals surface area contributed by atoms with Crippen molar-refractivity contribution in [2.45, 2.75) is 63.7 Å². The molecule has 0 saturated carbocycles. The van der Waals surface area contributed by atoms with Crippen LogP contribution >= 0.6 is 12.2 Å². The molecule has 3 aromatic heterocycles. The fourth-order valence-electron chi connectivity index (χ4n) is 7.20. The van der Waals surface area contributed by atoms with Crippen LogP contribution in [0.5, 0.6) is 17.2 Å². The molecule has 24 heteroatoms. The van der Waals surface area contributed by atoms with E-state index in [2.05, 4.69) is 31.9 Å². The van der Waals surface area contributed by atoms with Crippen molar-refractivity contribution in [2.75, 3.05) is 51.8 Å². The number of carbonyl (C=O) groups is 4. The summed E-state index contributed by atoms with van der Waals surface area (Å²) in [5.41, 5.74) is -3.81. The number of nitrogens with zero attached hydrogens (tertiary/aromatic N) is 3. The summed E-state index contributed by atoms with van der Waals surface area (Å²) in [6, 6.07) is 9.57. The van der Waals surface area contributed by atoms with Crippen molar-refractivity contribution in [2.24, 2.45) is 0 Å². The van der Waals surface area contributed by atoms with Gasteiger partial charge in [0.25, 0.3) is 23.6 Å². The number of amides is 4. The first kappa shape index (κ1) is 55.6.